The van der Waals surface area contributed by atoms with Crippen LogP contribution in [0.2, 0.25) is 0 Å². The average molecular weight is 465 g/mol. The molecule has 0 aliphatic carbocycles. The van der Waals surface area contributed by atoms with Gasteiger partial charge in [0.2, 0.25) is 0 Å². The molecular formula is C22H13FN4O3S2. The Balaban J connectivity index is 1.58. The molecule has 5 aromatic rings. The summed E-state index contributed by atoms with van der Waals surface area (Å²) in [5, 5.41) is 12.1. The van der Waals surface area contributed by atoms with Crippen molar-refractivity contribution in [2.45, 2.75) is 6.54 Å². The van der Waals surface area contributed by atoms with Gasteiger partial charge >= 0.3 is 0 Å². The van der Waals surface area contributed by atoms with Gasteiger partial charge in [-0.05, 0) is 42.5 Å². The summed E-state index contributed by atoms with van der Waals surface area (Å²) < 4.78 is 15.1. The number of thiazole rings is 1. The molecule has 158 valence electrons. The number of fused-ring (bicyclic) bond motifs is 2. The maximum absolute atomic E-state index is 13.7. The fourth-order valence-electron chi connectivity index (χ4n) is 3.26. The number of aromatic nitrogens is 2. The van der Waals surface area contributed by atoms with Gasteiger partial charge in [0.05, 0.1) is 32.3 Å². The minimum Gasteiger partial charge on any atom is -0.277 e. The van der Waals surface area contributed by atoms with Crippen molar-refractivity contribution in [3.63, 3.8) is 0 Å². The van der Waals surface area contributed by atoms with E-state index in [1.807, 2.05) is 12.1 Å². The molecule has 0 unspecified atom stereocenters. The van der Waals surface area contributed by atoms with Gasteiger partial charge in [-0.15, -0.1) is 11.3 Å². The molecule has 0 N–H and O–H groups in total. The van der Waals surface area contributed by atoms with E-state index in [1.54, 1.807) is 30.5 Å². The number of nitro groups is 1. The number of pyridine rings is 1. The lowest BCUT2D eigenvalue weighted by atomic mass is 10.2. The summed E-state index contributed by atoms with van der Waals surface area (Å²) in [4.78, 5) is 34.9. The van der Waals surface area contributed by atoms with Gasteiger partial charge < -0.3 is 0 Å². The Morgan fingerprint density at radius 2 is 1.94 bits per heavy atom. The number of non-ortho nitro benzene ring substituents is 1. The Labute approximate surface area is 188 Å². The standard InChI is InChI=1S/C22H13FN4O3S2/c23-14-4-6-17-19(11-14)32-22(25-17)26(12-15-3-1-2-8-24-15)21(28)20-10-13-9-16(27(29)30)5-7-18(13)31-20/h1-11H,12H2. The van der Waals surface area contributed by atoms with Crippen LogP contribution in [0.1, 0.15) is 15.4 Å². The van der Waals surface area contributed by atoms with Gasteiger partial charge in [0.25, 0.3) is 11.6 Å². The number of anilines is 1. The average Bonchev–Trinajstić information content (AvgIpc) is 3.40. The van der Waals surface area contributed by atoms with Crippen molar-refractivity contribution >= 4 is 59.7 Å². The molecule has 7 nitrogen and oxygen atoms in total. The number of amides is 1. The predicted molar refractivity (Wildman–Crippen MR) is 123 cm³/mol. The minimum atomic E-state index is -0.466. The van der Waals surface area contributed by atoms with Crippen LogP contribution in [0.15, 0.2) is 66.9 Å². The van der Waals surface area contributed by atoms with Crippen LogP contribution in [0.3, 0.4) is 0 Å². The second kappa shape index (κ2) is 8.06. The normalized spacial score (nSPS) is 11.2. The molecule has 32 heavy (non-hydrogen) atoms. The fourth-order valence-corrected chi connectivity index (χ4v) is 5.24. The van der Waals surface area contributed by atoms with Crippen molar-refractivity contribution < 1.29 is 14.1 Å². The van der Waals surface area contributed by atoms with Crippen molar-refractivity contribution in [2.75, 3.05) is 4.90 Å². The lowest BCUT2D eigenvalue weighted by Crippen LogP contribution is -2.30. The third-order valence-electron chi connectivity index (χ3n) is 4.78. The molecule has 2 aromatic carbocycles. The highest BCUT2D eigenvalue weighted by atomic mass is 32.1. The van der Waals surface area contributed by atoms with E-state index in [0.29, 0.717) is 31.3 Å². The Bertz CT molecular complexity index is 1480. The fraction of sp³-hybridized carbons (Fsp3) is 0.0455. The summed E-state index contributed by atoms with van der Waals surface area (Å²) in [6, 6.07) is 15.9. The molecule has 3 aromatic heterocycles. The smallest absolute Gasteiger partial charge is 0.270 e. The number of hydrogen-bond donors (Lipinski definition) is 0. The lowest BCUT2D eigenvalue weighted by molar-refractivity contribution is -0.384. The molecule has 5 rings (SSSR count). The van der Waals surface area contributed by atoms with E-state index in [0.717, 1.165) is 4.70 Å². The van der Waals surface area contributed by atoms with Gasteiger partial charge in [0, 0.05) is 28.4 Å². The van der Waals surface area contributed by atoms with Crippen molar-refractivity contribution in [3.8, 4) is 0 Å². The molecule has 0 bridgehead atoms. The van der Waals surface area contributed by atoms with E-state index in [4.69, 9.17) is 0 Å². The molecule has 0 aliphatic heterocycles. The van der Waals surface area contributed by atoms with E-state index in [9.17, 15) is 19.3 Å². The quantitative estimate of drug-likeness (QED) is 0.242. The van der Waals surface area contributed by atoms with Crippen molar-refractivity contribution in [3.05, 3.63) is 93.4 Å². The molecule has 3 heterocycles. The Morgan fingerprint density at radius 3 is 2.72 bits per heavy atom. The summed E-state index contributed by atoms with van der Waals surface area (Å²) in [6.07, 6.45) is 1.64. The third kappa shape index (κ3) is 3.81. The zero-order valence-electron chi connectivity index (χ0n) is 16.3. The van der Waals surface area contributed by atoms with E-state index in [1.165, 1.54) is 51.8 Å². The second-order valence-electron chi connectivity index (χ2n) is 6.91. The first kappa shape index (κ1) is 20.2. The van der Waals surface area contributed by atoms with Crippen LogP contribution in [0.5, 0.6) is 0 Å². The van der Waals surface area contributed by atoms with E-state index >= 15 is 0 Å². The topological polar surface area (TPSA) is 89.2 Å². The van der Waals surface area contributed by atoms with Gasteiger partial charge in [-0.3, -0.25) is 24.8 Å². The lowest BCUT2D eigenvalue weighted by Gasteiger charge is -2.18. The van der Waals surface area contributed by atoms with Crippen LogP contribution in [-0.4, -0.2) is 20.8 Å². The number of carbonyl (C=O) groups is 1. The maximum atomic E-state index is 13.7. The molecule has 0 saturated heterocycles. The maximum Gasteiger partial charge on any atom is 0.270 e. The van der Waals surface area contributed by atoms with E-state index in [2.05, 4.69) is 9.97 Å². The van der Waals surface area contributed by atoms with Crippen LogP contribution in [0.4, 0.5) is 15.2 Å². The molecule has 10 heteroatoms. The summed E-state index contributed by atoms with van der Waals surface area (Å²) in [6.45, 7) is 0.177. The van der Waals surface area contributed by atoms with Gasteiger partial charge in [-0.1, -0.05) is 17.4 Å². The monoisotopic (exact) mass is 464 g/mol. The molecule has 0 atom stereocenters. The zero-order valence-corrected chi connectivity index (χ0v) is 17.9. The SMILES string of the molecule is O=C(c1cc2cc([N+](=O)[O-])ccc2s1)N(Cc1ccccn1)c1nc2ccc(F)cc2s1. The van der Waals surface area contributed by atoms with Crippen molar-refractivity contribution in [2.24, 2.45) is 0 Å². The highest BCUT2D eigenvalue weighted by Gasteiger charge is 2.24. The number of nitrogens with zero attached hydrogens (tertiary/aromatic N) is 4. The number of nitro benzene ring substituents is 1. The summed E-state index contributed by atoms with van der Waals surface area (Å²) in [7, 11) is 0. The largest absolute Gasteiger partial charge is 0.277 e. The van der Waals surface area contributed by atoms with Gasteiger partial charge in [-0.25, -0.2) is 9.37 Å². The van der Waals surface area contributed by atoms with Gasteiger partial charge in [0.1, 0.15) is 5.82 Å². The van der Waals surface area contributed by atoms with Gasteiger partial charge in [-0.2, -0.15) is 0 Å². The first-order valence-corrected chi connectivity index (χ1v) is 11.1. The van der Waals surface area contributed by atoms with Gasteiger partial charge in [0.15, 0.2) is 5.13 Å². The zero-order chi connectivity index (χ0) is 22.2. The first-order chi connectivity index (χ1) is 15.5. The molecule has 0 aliphatic rings. The Hall–Kier alpha value is -3.76. The predicted octanol–water partition coefficient (Wildman–Crippen LogP) is 5.80. The van der Waals surface area contributed by atoms with Crippen molar-refractivity contribution in [1.82, 2.24) is 9.97 Å². The molecular weight excluding hydrogens is 451 g/mol. The number of thiophene rings is 1. The number of rotatable bonds is 5. The van der Waals surface area contributed by atoms with E-state index < -0.39 is 4.92 Å². The third-order valence-corrected chi connectivity index (χ3v) is 6.93. The highest BCUT2D eigenvalue weighted by Crippen LogP contribution is 2.34. The van der Waals surface area contributed by atoms with Crippen LogP contribution in [0.25, 0.3) is 20.3 Å². The summed E-state index contributed by atoms with van der Waals surface area (Å²) in [5.41, 5.74) is 1.23. The van der Waals surface area contributed by atoms with Crippen LogP contribution in [0, 0.1) is 15.9 Å². The molecule has 1 amide bonds. The van der Waals surface area contributed by atoms with Crippen LogP contribution < -0.4 is 4.90 Å². The molecule has 0 radical (unpaired) electrons. The molecule has 0 saturated carbocycles. The number of carbonyl (C=O) groups excluding carboxylic acids is 1. The number of hydrogen-bond acceptors (Lipinski definition) is 7. The van der Waals surface area contributed by atoms with Crippen LogP contribution in [-0.2, 0) is 6.54 Å². The second-order valence-corrected chi connectivity index (χ2v) is 9.00. The summed E-state index contributed by atoms with van der Waals surface area (Å²) >= 11 is 2.47. The molecule has 0 fully saturated rings. The highest BCUT2D eigenvalue weighted by molar-refractivity contribution is 7.23. The van der Waals surface area contributed by atoms with E-state index in [-0.39, 0.29) is 24.0 Å². The first-order valence-electron chi connectivity index (χ1n) is 9.44. The number of halogens is 1. The Morgan fingerprint density at radius 1 is 1.06 bits per heavy atom. The van der Waals surface area contributed by atoms with Crippen molar-refractivity contribution in [1.29, 1.82) is 0 Å². The van der Waals surface area contributed by atoms with Crippen LogP contribution >= 0.6 is 22.7 Å². The minimum absolute atomic E-state index is 0.0344. The number of benzene rings is 2. The molecule has 0 spiro atoms. The Kier molecular flexibility index (Phi) is 5.08. The summed E-state index contributed by atoms with van der Waals surface area (Å²) in [5.74, 6) is -0.680.